The number of nitro benzene ring substituents is 1. The Kier molecular flexibility index (Phi) is 5.64. The van der Waals surface area contributed by atoms with E-state index in [-0.39, 0.29) is 23.7 Å². The van der Waals surface area contributed by atoms with Crippen molar-refractivity contribution in [1.29, 1.82) is 0 Å². The topological polar surface area (TPSA) is 89.5 Å². The van der Waals surface area contributed by atoms with Crippen molar-refractivity contribution in [3.8, 4) is 0 Å². The summed E-state index contributed by atoms with van der Waals surface area (Å²) in [5.74, 6) is -0.0127. The Morgan fingerprint density at radius 1 is 1.45 bits per heavy atom. The molecule has 0 radical (unpaired) electrons. The van der Waals surface area contributed by atoms with Crippen molar-refractivity contribution in [1.82, 2.24) is 4.90 Å². The number of benzene rings is 1. The van der Waals surface area contributed by atoms with E-state index < -0.39 is 4.92 Å². The predicted octanol–water partition coefficient (Wildman–Crippen LogP) is 2.24. The van der Waals surface area contributed by atoms with Gasteiger partial charge in [-0.05, 0) is 25.8 Å². The van der Waals surface area contributed by atoms with Crippen LogP contribution >= 0.6 is 0 Å². The van der Waals surface area contributed by atoms with Gasteiger partial charge in [-0.25, -0.2) is 0 Å². The van der Waals surface area contributed by atoms with Crippen molar-refractivity contribution < 1.29 is 9.72 Å². The highest BCUT2D eigenvalue weighted by atomic mass is 16.6. The van der Waals surface area contributed by atoms with Gasteiger partial charge in [0.05, 0.1) is 11.0 Å². The van der Waals surface area contributed by atoms with Gasteiger partial charge < -0.3 is 10.6 Å². The van der Waals surface area contributed by atoms with Gasteiger partial charge in [0.2, 0.25) is 5.91 Å². The van der Waals surface area contributed by atoms with Crippen molar-refractivity contribution in [2.45, 2.75) is 38.8 Å². The number of hydrogen-bond donors (Lipinski definition) is 1. The van der Waals surface area contributed by atoms with Crippen LogP contribution in [0.15, 0.2) is 24.3 Å². The van der Waals surface area contributed by atoms with Crippen molar-refractivity contribution in [2.75, 3.05) is 7.05 Å². The third-order valence-corrected chi connectivity index (χ3v) is 3.35. The number of carbonyl (C=O) groups excluding carboxylic acids is 1. The van der Waals surface area contributed by atoms with E-state index >= 15 is 0 Å². The fraction of sp³-hybridized carbons (Fsp3) is 0.500. The van der Waals surface area contributed by atoms with Crippen LogP contribution in [-0.4, -0.2) is 28.8 Å². The lowest BCUT2D eigenvalue weighted by Gasteiger charge is -2.25. The molecule has 2 N–H and O–H groups in total. The largest absolute Gasteiger partial charge is 0.339 e. The molecular formula is C14H21N3O3. The smallest absolute Gasteiger partial charge is 0.269 e. The van der Waals surface area contributed by atoms with Gasteiger partial charge in [0, 0.05) is 31.6 Å². The zero-order chi connectivity index (χ0) is 15.3. The van der Waals surface area contributed by atoms with Gasteiger partial charge in [-0.2, -0.15) is 0 Å². The van der Waals surface area contributed by atoms with E-state index in [4.69, 9.17) is 5.73 Å². The second kappa shape index (κ2) is 7.00. The molecule has 6 nitrogen and oxygen atoms in total. The first kappa shape index (κ1) is 16.1. The lowest BCUT2D eigenvalue weighted by Crippen LogP contribution is -2.30. The Morgan fingerprint density at radius 3 is 2.65 bits per heavy atom. The van der Waals surface area contributed by atoms with Crippen LogP contribution in [0.2, 0.25) is 0 Å². The van der Waals surface area contributed by atoms with Crippen molar-refractivity contribution in [3.05, 3.63) is 39.9 Å². The predicted molar refractivity (Wildman–Crippen MR) is 77.2 cm³/mol. The summed E-state index contributed by atoms with van der Waals surface area (Å²) in [6.07, 6.45) is 1.01. The van der Waals surface area contributed by atoms with Crippen molar-refractivity contribution in [3.63, 3.8) is 0 Å². The van der Waals surface area contributed by atoms with Crippen LogP contribution in [0, 0.1) is 10.1 Å². The average molecular weight is 279 g/mol. The van der Waals surface area contributed by atoms with E-state index in [1.165, 1.54) is 12.1 Å². The Bertz CT molecular complexity index is 488. The molecule has 20 heavy (non-hydrogen) atoms. The maximum Gasteiger partial charge on any atom is 0.269 e. The molecule has 0 saturated heterocycles. The minimum Gasteiger partial charge on any atom is -0.339 e. The van der Waals surface area contributed by atoms with E-state index in [9.17, 15) is 14.9 Å². The number of rotatable bonds is 6. The fourth-order valence-corrected chi connectivity index (χ4v) is 1.87. The highest BCUT2D eigenvalue weighted by Crippen LogP contribution is 2.23. The summed E-state index contributed by atoms with van der Waals surface area (Å²) < 4.78 is 0. The maximum absolute atomic E-state index is 12.0. The van der Waals surface area contributed by atoms with Crippen LogP contribution in [-0.2, 0) is 4.79 Å². The molecule has 2 unspecified atom stereocenters. The standard InChI is InChI=1S/C14H21N3O3/c1-10(15)7-8-14(18)16(3)11(2)12-5-4-6-13(9-12)17(19)20/h4-6,9-11H,7-8,15H2,1-3H3. The summed E-state index contributed by atoms with van der Waals surface area (Å²) in [7, 11) is 1.70. The van der Waals surface area contributed by atoms with Crippen LogP contribution in [0.3, 0.4) is 0 Å². The first-order chi connectivity index (χ1) is 9.32. The van der Waals surface area contributed by atoms with E-state index in [2.05, 4.69) is 0 Å². The van der Waals surface area contributed by atoms with Crippen LogP contribution in [0.1, 0.15) is 38.3 Å². The molecule has 0 aliphatic rings. The van der Waals surface area contributed by atoms with Crippen LogP contribution in [0.5, 0.6) is 0 Å². The van der Waals surface area contributed by atoms with E-state index in [0.29, 0.717) is 12.8 Å². The number of nitrogens with two attached hydrogens (primary N) is 1. The fourth-order valence-electron chi connectivity index (χ4n) is 1.87. The molecule has 0 saturated carbocycles. The van der Waals surface area contributed by atoms with E-state index in [1.54, 1.807) is 24.1 Å². The summed E-state index contributed by atoms with van der Waals surface area (Å²) in [4.78, 5) is 23.9. The molecule has 110 valence electrons. The average Bonchev–Trinajstić information content (AvgIpc) is 2.43. The number of nitrogens with zero attached hydrogens (tertiary/aromatic N) is 2. The lowest BCUT2D eigenvalue weighted by atomic mass is 10.1. The molecule has 0 aliphatic carbocycles. The van der Waals surface area contributed by atoms with Gasteiger partial charge in [0.25, 0.3) is 5.69 Å². The number of nitro groups is 1. The van der Waals surface area contributed by atoms with Crippen LogP contribution in [0.25, 0.3) is 0 Å². The van der Waals surface area contributed by atoms with Crippen molar-refractivity contribution in [2.24, 2.45) is 5.73 Å². The molecular weight excluding hydrogens is 258 g/mol. The molecule has 0 spiro atoms. The minimum atomic E-state index is -0.436. The first-order valence-corrected chi connectivity index (χ1v) is 6.58. The first-order valence-electron chi connectivity index (χ1n) is 6.58. The molecule has 0 fully saturated rings. The SMILES string of the molecule is CC(N)CCC(=O)N(C)C(C)c1cccc([N+](=O)[O-])c1. The second-order valence-electron chi connectivity index (χ2n) is 5.05. The Balaban J connectivity index is 2.78. The zero-order valence-corrected chi connectivity index (χ0v) is 12.1. The Hall–Kier alpha value is -1.95. The van der Waals surface area contributed by atoms with Crippen molar-refractivity contribution >= 4 is 11.6 Å². The van der Waals surface area contributed by atoms with Gasteiger partial charge in [-0.15, -0.1) is 0 Å². The number of non-ortho nitro benzene ring substituents is 1. The molecule has 1 aromatic carbocycles. The highest BCUT2D eigenvalue weighted by Gasteiger charge is 2.19. The molecule has 1 amide bonds. The third kappa shape index (κ3) is 4.31. The molecule has 0 bridgehead atoms. The quantitative estimate of drug-likeness (QED) is 0.638. The molecule has 0 aliphatic heterocycles. The molecule has 2 atom stereocenters. The van der Waals surface area contributed by atoms with E-state index in [0.717, 1.165) is 5.56 Å². The summed E-state index contributed by atoms with van der Waals surface area (Å²) >= 11 is 0. The van der Waals surface area contributed by atoms with Crippen LogP contribution < -0.4 is 5.73 Å². The van der Waals surface area contributed by atoms with Gasteiger partial charge in [0.15, 0.2) is 0 Å². The molecule has 1 rings (SSSR count). The summed E-state index contributed by atoms with van der Waals surface area (Å²) in [5, 5.41) is 10.8. The molecule has 6 heteroatoms. The van der Waals surface area contributed by atoms with Gasteiger partial charge in [-0.3, -0.25) is 14.9 Å². The molecule has 1 aromatic rings. The lowest BCUT2D eigenvalue weighted by molar-refractivity contribution is -0.384. The van der Waals surface area contributed by atoms with Gasteiger partial charge in [0.1, 0.15) is 0 Å². The third-order valence-electron chi connectivity index (χ3n) is 3.35. The second-order valence-corrected chi connectivity index (χ2v) is 5.05. The Labute approximate surface area is 118 Å². The monoisotopic (exact) mass is 279 g/mol. The van der Waals surface area contributed by atoms with E-state index in [1.807, 2.05) is 13.8 Å². The summed E-state index contributed by atoms with van der Waals surface area (Å²) in [6, 6.07) is 6.13. The molecule has 0 aromatic heterocycles. The number of amides is 1. The maximum atomic E-state index is 12.0. The van der Waals surface area contributed by atoms with Gasteiger partial charge in [-0.1, -0.05) is 12.1 Å². The zero-order valence-electron chi connectivity index (χ0n) is 12.1. The number of hydrogen-bond acceptors (Lipinski definition) is 4. The summed E-state index contributed by atoms with van der Waals surface area (Å²) in [6.45, 7) is 3.71. The summed E-state index contributed by atoms with van der Waals surface area (Å²) in [5.41, 5.74) is 6.41. The molecule has 0 heterocycles. The number of carbonyl (C=O) groups is 1. The minimum absolute atomic E-state index is 0.0127. The highest BCUT2D eigenvalue weighted by molar-refractivity contribution is 5.76. The normalized spacial score (nSPS) is 13.6. The van der Waals surface area contributed by atoms with Gasteiger partial charge >= 0.3 is 0 Å². The Morgan fingerprint density at radius 2 is 2.10 bits per heavy atom. The van der Waals surface area contributed by atoms with Crippen LogP contribution in [0.4, 0.5) is 5.69 Å².